The zero-order chi connectivity index (χ0) is 13.4. The second-order valence-electron chi connectivity index (χ2n) is 4.80. The van der Waals surface area contributed by atoms with Crippen LogP contribution in [0.5, 0.6) is 0 Å². The zero-order valence-electron chi connectivity index (χ0n) is 10.5. The predicted octanol–water partition coefficient (Wildman–Crippen LogP) is 0.144. The third-order valence-electron chi connectivity index (χ3n) is 3.17. The fourth-order valence-electron chi connectivity index (χ4n) is 1.59. The van der Waals surface area contributed by atoms with Gasteiger partial charge in [-0.05, 0) is 25.0 Å². The number of hydrogen-bond donors (Lipinski definition) is 2. The summed E-state index contributed by atoms with van der Waals surface area (Å²) in [5.74, 6) is 0.551. The van der Waals surface area contributed by atoms with E-state index < -0.39 is 10.0 Å². The fourth-order valence-corrected chi connectivity index (χ4v) is 2.40. The molecule has 6 nitrogen and oxygen atoms in total. The Labute approximate surface area is 107 Å². The molecule has 1 saturated carbocycles. The molecule has 0 atom stereocenters. The van der Waals surface area contributed by atoms with E-state index in [2.05, 4.69) is 5.32 Å². The molecule has 0 aromatic carbocycles. The lowest BCUT2D eigenvalue weighted by molar-refractivity contribution is 0.225. The van der Waals surface area contributed by atoms with Crippen LogP contribution in [0, 0.1) is 0 Å². The molecule has 1 aliphatic rings. The summed E-state index contributed by atoms with van der Waals surface area (Å²) in [6.07, 6.45) is 1.88. The van der Waals surface area contributed by atoms with Gasteiger partial charge >= 0.3 is 0 Å². The molecule has 1 aromatic rings. The summed E-state index contributed by atoms with van der Waals surface area (Å²) in [5.41, 5.74) is -0.187. The minimum atomic E-state index is -3.51. The molecule has 1 aliphatic carbocycles. The molecule has 2 N–H and O–H groups in total. The Morgan fingerprint density at radius 3 is 2.61 bits per heavy atom. The molecule has 18 heavy (non-hydrogen) atoms. The lowest BCUT2D eigenvalue weighted by Gasteiger charge is -2.12. The van der Waals surface area contributed by atoms with E-state index in [9.17, 15) is 8.42 Å². The van der Waals surface area contributed by atoms with Crippen molar-refractivity contribution in [2.75, 3.05) is 20.7 Å². The van der Waals surface area contributed by atoms with Gasteiger partial charge in [-0.3, -0.25) is 0 Å². The van der Waals surface area contributed by atoms with E-state index in [1.807, 2.05) is 0 Å². The van der Waals surface area contributed by atoms with Crippen LogP contribution in [0.25, 0.3) is 0 Å². The first-order valence-corrected chi connectivity index (χ1v) is 7.21. The van der Waals surface area contributed by atoms with E-state index in [1.54, 1.807) is 6.07 Å². The van der Waals surface area contributed by atoms with Gasteiger partial charge in [0, 0.05) is 19.6 Å². The molecule has 0 bridgehead atoms. The summed E-state index contributed by atoms with van der Waals surface area (Å²) in [7, 11) is -0.592. The van der Waals surface area contributed by atoms with E-state index in [0.29, 0.717) is 12.3 Å². The molecular weight excluding hydrogens is 256 g/mol. The smallest absolute Gasteiger partial charge is 0.275 e. The van der Waals surface area contributed by atoms with Gasteiger partial charge in [-0.1, -0.05) is 0 Å². The van der Waals surface area contributed by atoms with E-state index in [-0.39, 0.29) is 17.2 Å². The van der Waals surface area contributed by atoms with E-state index in [4.69, 9.17) is 9.52 Å². The van der Waals surface area contributed by atoms with Crippen molar-refractivity contribution >= 4 is 10.0 Å². The number of nitrogens with zero attached hydrogens (tertiary/aromatic N) is 1. The van der Waals surface area contributed by atoms with E-state index >= 15 is 0 Å². The molecule has 1 heterocycles. The summed E-state index contributed by atoms with van der Waals surface area (Å²) in [4.78, 5) is 0. The van der Waals surface area contributed by atoms with Crippen LogP contribution in [0.1, 0.15) is 18.6 Å². The van der Waals surface area contributed by atoms with Crippen LogP contribution >= 0.6 is 0 Å². The van der Waals surface area contributed by atoms with Crippen LogP contribution in [0.4, 0.5) is 0 Å². The second kappa shape index (κ2) is 4.65. The second-order valence-corrected chi connectivity index (χ2v) is 6.88. The van der Waals surface area contributed by atoms with Crippen LogP contribution in [0.15, 0.2) is 21.6 Å². The molecular formula is C11H18N2O4S. The molecule has 0 saturated heterocycles. The molecule has 1 fully saturated rings. The first kappa shape index (κ1) is 13.5. The van der Waals surface area contributed by atoms with Crippen LogP contribution in [0.2, 0.25) is 0 Å². The van der Waals surface area contributed by atoms with Crippen molar-refractivity contribution in [2.24, 2.45) is 0 Å². The molecule has 0 aliphatic heterocycles. The predicted molar refractivity (Wildman–Crippen MR) is 65.5 cm³/mol. The molecule has 1 aromatic heterocycles. The maximum Gasteiger partial charge on any atom is 0.275 e. The molecule has 0 unspecified atom stereocenters. The normalized spacial score (nSPS) is 18.2. The Morgan fingerprint density at radius 2 is 2.11 bits per heavy atom. The number of hydrogen-bond acceptors (Lipinski definition) is 5. The molecule has 0 radical (unpaired) electrons. The average Bonchev–Trinajstić information content (AvgIpc) is 2.95. The number of furan rings is 1. The highest BCUT2D eigenvalue weighted by Gasteiger charge is 2.41. The largest absolute Gasteiger partial charge is 0.447 e. The van der Waals surface area contributed by atoms with Crippen LogP contribution < -0.4 is 5.32 Å². The van der Waals surface area contributed by atoms with Crippen molar-refractivity contribution in [1.29, 1.82) is 0 Å². The first-order valence-electron chi connectivity index (χ1n) is 5.77. The van der Waals surface area contributed by atoms with Crippen molar-refractivity contribution < 1.29 is 17.9 Å². The van der Waals surface area contributed by atoms with Gasteiger partial charge in [0.15, 0.2) is 0 Å². The van der Waals surface area contributed by atoms with Crippen LogP contribution in [-0.4, -0.2) is 44.1 Å². The Bertz CT molecular complexity index is 517. The molecule has 7 heteroatoms. The Kier molecular flexibility index (Phi) is 3.50. The summed E-state index contributed by atoms with van der Waals surface area (Å²) in [5, 5.41) is 12.3. The van der Waals surface area contributed by atoms with Crippen molar-refractivity contribution in [3.8, 4) is 0 Å². The van der Waals surface area contributed by atoms with Gasteiger partial charge in [0.1, 0.15) is 5.76 Å². The van der Waals surface area contributed by atoms with Crippen molar-refractivity contribution in [2.45, 2.75) is 30.0 Å². The van der Waals surface area contributed by atoms with Gasteiger partial charge in [0.25, 0.3) is 10.0 Å². The third kappa shape index (κ3) is 2.59. The highest BCUT2D eigenvalue weighted by Crippen LogP contribution is 2.34. The number of nitrogens with one attached hydrogen (secondary N) is 1. The highest BCUT2D eigenvalue weighted by atomic mass is 32.2. The van der Waals surface area contributed by atoms with Gasteiger partial charge < -0.3 is 14.8 Å². The van der Waals surface area contributed by atoms with E-state index in [1.165, 1.54) is 20.2 Å². The average molecular weight is 274 g/mol. The lowest BCUT2D eigenvalue weighted by atomic mass is 10.3. The van der Waals surface area contributed by atoms with Crippen molar-refractivity contribution in [1.82, 2.24) is 9.62 Å². The Balaban J connectivity index is 2.03. The first-order chi connectivity index (χ1) is 8.39. The van der Waals surface area contributed by atoms with Gasteiger partial charge in [0.2, 0.25) is 5.09 Å². The monoisotopic (exact) mass is 274 g/mol. The molecule has 2 rings (SSSR count). The Hall–Kier alpha value is -0.890. The van der Waals surface area contributed by atoms with Crippen LogP contribution in [0.3, 0.4) is 0 Å². The quantitative estimate of drug-likeness (QED) is 0.771. The molecule has 102 valence electrons. The minimum Gasteiger partial charge on any atom is -0.447 e. The minimum absolute atomic E-state index is 0.0573. The maximum absolute atomic E-state index is 11.8. The van der Waals surface area contributed by atoms with Crippen LogP contribution in [-0.2, 0) is 16.6 Å². The van der Waals surface area contributed by atoms with Crippen molar-refractivity contribution in [3.63, 3.8) is 0 Å². The maximum atomic E-state index is 11.8. The Morgan fingerprint density at radius 1 is 1.44 bits per heavy atom. The number of aliphatic hydroxyl groups excluding tert-OH is 1. The summed E-state index contributed by atoms with van der Waals surface area (Å²) < 4.78 is 30.0. The molecule has 0 amide bonds. The van der Waals surface area contributed by atoms with Gasteiger partial charge in [-0.2, -0.15) is 0 Å². The number of rotatable bonds is 6. The van der Waals surface area contributed by atoms with Gasteiger partial charge in [0.05, 0.1) is 13.2 Å². The summed E-state index contributed by atoms with van der Waals surface area (Å²) in [6, 6.07) is 3.09. The van der Waals surface area contributed by atoms with Gasteiger partial charge in [-0.25, -0.2) is 12.7 Å². The van der Waals surface area contributed by atoms with Crippen molar-refractivity contribution in [3.05, 3.63) is 17.9 Å². The number of aliphatic hydroxyl groups is 1. The lowest BCUT2D eigenvalue weighted by Crippen LogP contribution is -2.33. The third-order valence-corrected chi connectivity index (χ3v) is 4.86. The number of sulfonamides is 1. The SMILES string of the molecule is CN(C)S(=O)(=O)c1ccc(CNC2(CO)CC2)o1. The fraction of sp³-hybridized carbons (Fsp3) is 0.636. The molecule has 0 spiro atoms. The van der Waals surface area contributed by atoms with E-state index in [0.717, 1.165) is 17.1 Å². The summed E-state index contributed by atoms with van der Waals surface area (Å²) >= 11 is 0. The summed E-state index contributed by atoms with van der Waals surface area (Å²) in [6.45, 7) is 0.514. The topological polar surface area (TPSA) is 82.8 Å². The zero-order valence-corrected chi connectivity index (χ0v) is 11.3. The van der Waals surface area contributed by atoms with Gasteiger partial charge in [-0.15, -0.1) is 0 Å². The standard InChI is InChI=1S/C11H18N2O4S/c1-13(2)18(15,16)10-4-3-9(17-10)7-12-11(8-14)5-6-11/h3-4,12,14H,5-8H2,1-2H3. The highest BCUT2D eigenvalue weighted by molar-refractivity contribution is 7.88.